The third-order valence-electron chi connectivity index (χ3n) is 17.4. The number of nitriles is 1. The summed E-state index contributed by atoms with van der Waals surface area (Å²) in [6.07, 6.45) is 2.34. The molecule has 434 valence electrons. The summed E-state index contributed by atoms with van der Waals surface area (Å²) in [5.74, 6) is 0. The molecular weight excluding hydrogens is 1140 g/mol. The predicted octanol–water partition coefficient (Wildman–Crippen LogP) is 21.4. The molecule has 7 nitrogen and oxygen atoms in total. The van der Waals surface area contributed by atoms with Gasteiger partial charge in [-0.25, -0.2) is 0 Å². The first-order valence-electron chi connectivity index (χ1n) is 30.2. The van der Waals surface area contributed by atoms with E-state index in [2.05, 4.69) is 83.4 Å². The van der Waals surface area contributed by atoms with Crippen molar-refractivity contribution in [2.75, 3.05) is 0 Å². The van der Waals surface area contributed by atoms with Crippen LogP contribution < -0.4 is 0 Å². The summed E-state index contributed by atoms with van der Waals surface area (Å²) < 4.78 is 52.5. The van der Waals surface area contributed by atoms with Crippen molar-refractivity contribution in [3.8, 4) is 118 Å². The Morgan fingerprint density at radius 1 is 0.283 bits per heavy atom. The number of alkyl halides is 3. The smallest absolute Gasteiger partial charge is 0.309 e. The molecule has 0 aliphatic carbocycles. The Bertz CT molecular complexity index is 5300. The number of hydrogen-bond donors (Lipinski definition) is 0. The zero-order valence-electron chi connectivity index (χ0n) is 49.1. The van der Waals surface area contributed by atoms with Crippen molar-refractivity contribution in [2.45, 2.75) is 6.18 Å². The normalized spacial score (nSPS) is 11.6. The summed E-state index contributed by atoms with van der Waals surface area (Å²) in [5.41, 5.74) is 16.9. The monoisotopic (exact) mass is 1190 g/mol. The number of halogens is 3. The molecule has 16 rings (SSSR count). The van der Waals surface area contributed by atoms with Crippen LogP contribution in [0.2, 0.25) is 0 Å². The molecule has 10 heteroatoms. The Labute approximate surface area is 527 Å². The number of nitrogens with zero attached hydrogens (tertiary/aromatic N) is 7. The number of aromatic nitrogens is 6. The van der Waals surface area contributed by atoms with Crippen molar-refractivity contribution in [1.82, 2.24) is 29.1 Å². The standard InChI is InChI=1S/C82H50F3N7/c83-82(84,85)71-32-14-13-27-65(71)70-50-72(91-73-45-56(61-28-15-41-87-78(61)52-19-5-1-6-20-52)33-37-66(73)67-38-34-57(46-74(67)91)62-29-16-42-88-79(62)53-21-7-2-8-22-53)60(51-86)49-77(70)92-75-47-58(63-30-17-43-89-80(63)54-23-9-3-10-24-54)35-39-68(75)69-40-36-59(48-76(69)92)64-31-18-44-90-81(64)55-25-11-4-12-26-55/h1-50H. The first kappa shape index (κ1) is 55.0. The molecule has 0 amide bonds. The van der Waals surface area contributed by atoms with Crippen LogP contribution in [0, 0.1) is 11.3 Å². The van der Waals surface area contributed by atoms with E-state index in [0.29, 0.717) is 22.4 Å². The second-order valence-electron chi connectivity index (χ2n) is 22.7. The second kappa shape index (κ2) is 22.7. The van der Waals surface area contributed by atoms with Gasteiger partial charge in [-0.1, -0.05) is 212 Å². The highest BCUT2D eigenvalue weighted by molar-refractivity contribution is 6.14. The van der Waals surface area contributed by atoms with Gasteiger partial charge in [0.2, 0.25) is 0 Å². The zero-order chi connectivity index (χ0) is 61.9. The molecule has 0 radical (unpaired) electrons. The van der Waals surface area contributed by atoms with Gasteiger partial charge in [0.15, 0.2) is 0 Å². The van der Waals surface area contributed by atoms with E-state index in [0.717, 1.165) is 128 Å². The van der Waals surface area contributed by atoms with Crippen molar-refractivity contribution >= 4 is 43.6 Å². The lowest BCUT2D eigenvalue weighted by Crippen LogP contribution is -2.09. The average molecular weight is 1190 g/mol. The molecule has 0 aliphatic heterocycles. The van der Waals surface area contributed by atoms with Crippen LogP contribution in [-0.4, -0.2) is 29.1 Å². The number of benzene rings is 10. The summed E-state index contributed by atoms with van der Waals surface area (Å²) in [5, 5.41) is 15.5. The van der Waals surface area contributed by atoms with Gasteiger partial charge in [0.1, 0.15) is 6.07 Å². The molecule has 0 spiro atoms. The number of pyridine rings is 4. The lowest BCUT2D eigenvalue weighted by atomic mass is 9.94. The van der Waals surface area contributed by atoms with E-state index in [-0.39, 0.29) is 16.7 Å². The molecule has 0 N–H and O–H groups in total. The molecule has 92 heavy (non-hydrogen) atoms. The van der Waals surface area contributed by atoms with E-state index in [4.69, 9.17) is 19.9 Å². The van der Waals surface area contributed by atoms with Gasteiger partial charge in [-0.05, 0) is 94.5 Å². The van der Waals surface area contributed by atoms with E-state index >= 15 is 13.2 Å². The van der Waals surface area contributed by atoms with E-state index in [1.807, 2.05) is 174 Å². The molecule has 16 aromatic rings. The number of rotatable bonds is 11. The minimum Gasteiger partial charge on any atom is -0.309 e. The molecule has 0 saturated heterocycles. The van der Waals surface area contributed by atoms with E-state index < -0.39 is 11.7 Å². The Balaban J connectivity index is 1.02. The first-order chi connectivity index (χ1) is 45.3. The lowest BCUT2D eigenvalue weighted by Gasteiger charge is -2.21. The van der Waals surface area contributed by atoms with Crippen molar-refractivity contribution in [3.05, 3.63) is 315 Å². The van der Waals surface area contributed by atoms with Crippen LogP contribution in [0.4, 0.5) is 13.2 Å². The largest absolute Gasteiger partial charge is 0.417 e. The molecular formula is C82H50F3N7. The third-order valence-corrected chi connectivity index (χ3v) is 17.4. The van der Waals surface area contributed by atoms with Crippen LogP contribution in [0.15, 0.2) is 304 Å². The Kier molecular flexibility index (Phi) is 13.6. The van der Waals surface area contributed by atoms with Crippen molar-refractivity contribution in [3.63, 3.8) is 0 Å². The van der Waals surface area contributed by atoms with E-state index in [1.54, 1.807) is 43.0 Å². The van der Waals surface area contributed by atoms with Gasteiger partial charge in [0.05, 0.1) is 67.3 Å². The predicted molar refractivity (Wildman–Crippen MR) is 365 cm³/mol. The van der Waals surface area contributed by atoms with Crippen LogP contribution in [0.5, 0.6) is 0 Å². The highest BCUT2D eigenvalue weighted by Crippen LogP contribution is 2.48. The fourth-order valence-electron chi connectivity index (χ4n) is 13.3. The topological polar surface area (TPSA) is 85.2 Å². The SMILES string of the molecule is N#Cc1cc(-n2c3cc(-c4cccnc4-c4ccccc4)ccc3c3ccc(-c4cccnc4-c4ccccc4)cc32)c(-c2ccccc2C(F)(F)F)cc1-n1c2cc(-c3cccnc3-c3ccccc3)ccc2c2ccc(-c3cccnc3-c3ccccc3)cc21. The Morgan fingerprint density at radius 3 is 0.913 bits per heavy atom. The fraction of sp³-hybridized carbons (Fsp3) is 0.0122. The van der Waals surface area contributed by atoms with Gasteiger partial charge in [0.25, 0.3) is 0 Å². The fourth-order valence-corrected chi connectivity index (χ4v) is 13.3. The highest BCUT2D eigenvalue weighted by atomic mass is 19.4. The summed E-state index contributed by atoms with van der Waals surface area (Å²) >= 11 is 0. The van der Waals surface area contributed by atoms with Gasteiger partial charge in [-0.3, -0.25) is 19.9 Å². The van der Waals surface area contributed by atoms with Crippen LogP contribution in [0.3, 0.4) is 0 Å². The molecule has 0 bridgehead atoms. The molecule has 0 aliphatic rings. The second-order valence-corrected chi connectivity index (χ2v) is 22.7. The van der Waals surface area contributed by atoms with Crippen LogP contribution >= 0.6 is 0 Å². The number of fused-ring (bicyclic) bond motifs is 6. The van der Waals surface area contributed by atoms with E-state index in [9.17, 15) is 5.26 Å². The highest BCUT2D eigenvalue weighted by Gasteiger charge is 2.35. The quantitative estimate of drug-likeness (QED) is 0.129. The Hall–Kier alpha value is -12.3. The van der Waals surface area contributed by atoms with Crippen molar-refractivity contribution in [2.24, 2.45) is 0 Å². The van der Waals surface area contributed by atoms with Crippen LogP contribution in [-0.2, 0) is 6.18 Å². The molecule has 0 atom stereocenters. The summed E-state index contributed by atoms with van der Waals surface area (Å²) in [7, 11) is 0. The first-order valence-corrected chi connectivity index (χ1v) is 30.2. The van der Waals surface area contributed by atoms with Gasteiger partial charge in [-0.2, -0.15) is 18.4 Å². The van der Waals surface area contributed by atoms with Crippen molar-refractivity contribution < 1.29 is 13.2 Å². The van der Waals surface area contributed by atoms with Gasteiger partial charge in [0, 0.05) is 96.4 Å². The minimum absolute atomic E-state index is 0.0619. The minimum atomic E-state index is -4.79. The summed E-state index contributed by atoms with van der Waals surface area (Å²) in [6, 6.07) is 92.9. The number of hydrogen-bond acceptors (Lipinski definition) is 5. The van der Waals surface area contributed by atoms with Crippen LogP contribution in [0.25, 0.3) is 156 Å². The average Bonchev–Trinajstić information content (AvgIpc) is 1.55. The molecule has 0 fully saturated rings. The maximum Gasteiger partial charge on any atom is 0.417 e. The van der Waals surface area contributed by atoms with Gasteiger partial charge < -0.3 is 9.13 Å². The summed E-state index contributed by atoms with van der Waals surface area (Å²) in [6.45, 7) is 0. The van der Waals surface area contributed by atoms with Gasteiger partial charge >= 0.3 is 6.18 Å². The molecule has 6 aromatic heterocycles. The molecule has 6 heterocycles. The summed E-state index contributed by atoms with van der Waals surface area (Å²) in [4.78, 5) is 19.6. The maximum atomic E-state index is 16.1. The maximum absolute atomic E-state index is 16.1. The van der Waals surface area contributed by atoms with E-state index in [1.165, 1.54) is 12.1 Å². The molecule has 0 unspecified atom stereocenters. The van der Waals surface area contributed by atoms with Crippen molar-refractivity contribution in [1.29, 1.82) is 5.26 Å². The van der Waals surface area contributed by atoms with Crippen LogP contribution in [0.1, 0.15) is 11.1 Å². The third kappa shape index (κ3) is 9.55. The Morgan fingerprint density at radius 2 is 0.587 bits per heavy atom. The van der Waals surface area contributed by atoms with Gasteiger partial charge in [-0.15, -0.1) is 0 Å². The molecule has 10 aromatic carbocycles. The molecule has 0 saturated carbocycles. The zero-order valence-corrected chi connectivity index (χ0v) is 49.1. The lowest BCUT2D eigenvalue weighted by molar-refractivity contribution is -0.137.